The van der Waals surface area contributed by atoms with E-state index in [1.807, 2.05) is 30.3 Å². The summed E-state index contributed by atoms with van der Waals surface area (Å²) in [5, 5.41) is 2.62. The van der Waals surface area contributed by atoms with Crippen LogP contribution >= 0.6 is 0 Å². The van der Waals surface area contributed by atoms with E-state index in [1.54, 1.807) is 0 Å². The van der Waals surface area contributed by atoms with Crippen LogP contribution in [0.25, 0.3) is 0 Å². The number of benzene rings is 1. The molecule has 1 N–H and O–H groups in total. The van der Waals surface area contributed by atoms with Crippen LogP contribution < -0.4 is 5.32 Å². The van der Waals surface area contributed by atoms with Crippen molar-refractivity contribution in [2.24, 2.45) is 0 Å². The third-order valence-corrected chi connectivity index (χ3v) is 2.86. The Morgan fingerprint density at radius 2 is 1.58 bits per heavy atom. The largest absolute Gasteiger partial charge is 0.445 e. The first kappa shape index (κ1) is 20.0. The predicted octanol–water partition coefficient (Wildman–Crippen LogP) is 1.99. The van der Waals surface area contributed by atoms with E-state index in [9.17, 15) is 4.79 Å². The SMILES string of the molecule is C#CCCOCCOCCOCCNC(=O)OCc1ccccc1. The van der Waals surface area contributed by atoms with E-state index < -0.39 is 6.09 Å². The van der Waals surface area contributed by atoms with Gasteiger partial charge in [-0.15, -0.1) is 12.3 Å². The number of alkyl carbamates (subject to hydrolysis) is 1. The average molecular weight is 335 g/mol. The molecule has 6 nitrogen and oxygen atoms in total. The zero-order valence-corrected chi connectivity index (χ0v) is 13.9. The summed E-state index contributed by atoms with van der Waals surface area (Å²) in [6.07, 6.45) is 5.26. The zero-order chi connectivity index (χ0) is 17.3. The lowest BCUT2D eigenvalue weighted by atomic mass is 10.2. The summed E-state index contributed by atoms with van der Waals surface area (Å²) in [5.41, 5.74) is 0.948. The summed E-state index contributed by atoms with van der Waals surface area (Å²) in [6, 6.07) is 9.51. The standard InChI is InChI=1S/C18H25NO5/c1-2-3-10-21-12-14-23-15-13-22-11-9-19-18(20)24-16-17-7-5-4-6-8-17/h1,4-8H,3,9-16H2,(H,19,20). The Labute approximate surface area is 143 Å². The molecular formula is C18H25NO5. The Morgan fingerprint density at radius 3 is 2.25 bits per heavy atom. The molecule has 0 fully saturated rings. The van der Waals surface area contributed by atoms with Gasteiger partial charge < -0.3 is 24.3 Å². The molecule has 0 aliphatic carbocycles. The van der Waals surface area contributed by atoms with Crippen molar-refractivity contribution in [1.29, 1.82) is 0 Å². The lowest BCUT2D eigenvalue weighted by molar-refractivity contribution is 0.0160. The van der Waals surface area contributed by atoms with Gasteiger partial charge in [0.15, 0.2) is 0 Å². The topological polar surface area (TPSA) is 66.0 Å². The molecule has 132 valence electrons. The minimum absolute atomic E-state index is 0.255. The summed E-state index contributed by atoms with van der Waals surface area (Å²) < 4.78 is 20.9. The predicted molar refractivity (Wildman–Crippen MR) is 90.5 cm³/mol. The molecule has 24 heavy (non-hydrogen) atoms. The van der Waals surface area contributed by atoms with Crippen molar-refractivity contribution in [3.63, 3.8) is 0 Å². The van der Waals surface area contributed by atoms with E-state index in [2.05, 4.69) is 11.2 Å². The van der Waals surface area contributed by atoms with Gasteiger partial charge in [-0.25, -0.2) is 4.79 Å². The van der Waals surface area contributed by atoms with Crippen molar-refractivity contribution in [3.8, 4) is 12.3 Å². The maximum Gasteiger partial charge on any atom is 0.407 e. The first-order chi connectivity index (χ1) is 11.8. The highest BCUT2D eigenvalue weighted by Crippen LogP contribution is 2.00. The smallest absolute Gasteiger partial charge is 0.407 e. The second-order valence-electron chi connectivity index (χ2n) is 4.78. The maximum atomic E-state index is 11.5. The number of nitrogens with one attached hydrogen (secondary N) is 1. The highest BCUT2D eigenvalue weighted by atomic mass is 16.6. The first-order valence-electron chi connectivity index (χ1n) is 7.94. The molecule has 0 spiro atoms. The van der Waals surface area contributed by atoms with Crippen LogP contribution in [0.4, 0.5) is 4.79 Å². The van der Waals surface area contributed by atoms with Crippen molar-refractivity contribution in [2.75, 3.05) is 46.2 Å². The number of carbonyl (C=O) groups is 1. The van der Waals surface area contributed by atoms with Crippen LogP contribution in [0.5, 0.6) is 0 Å². The molecule has 0 aliphatic heterocycles. The molecule has 0 unspecified atom stereocenters. The van der Waals surface area contributed by atoms with Crippen LogP contribution in [0, 0.1) is 12.3 Å². The van der Waals surface area contributed by atoms with Crippen LogP contribution in [0.1, 0.15) is 12.0 Å². The molecule has 0 aliphatic rings. The molecule has 1 rings (SSSR count). The lowest BCUT2D eigenvalue weighted by Crippen LogP contribution is -2.28. The van der Waals surface area contributed by atoms with E-state index in [0.717, 1.165) is 5.56 Å². The first-order valence-corrected chi connectivity index (χ1v) is 7.94. The Bertz CT molecular complexity index is 472. The van der Waals surface area contributed by atoms with Gasteiger partial charge in [-0.05, 0) is 5.56 Å². The van der Waals surface area contributed by atoms with E-state index in [0.29, 0.717) is 52.6 Å². The Morgan fingerprint density at radius 1 is 0.958 bits per heavy atom. The second-order valence-corrected chi connectivity index (χ2v) is 4.78. The van der Waals surface area contributed by atoms with Crippen molar-refractivity contribution < 1.29 is 23.7 Å². The van der Waals surface area contributed by atoms with E-state index in [-0.39, 0.29) is 6.61 Å². The molecule has 1 aromatic rings. The summed E-state index contributed by atoms with van der Waals surface area (Å²) in [5.74, 6) is 2.50. The van der Waals surface area contributed by atoms with Crippen molar-refractivity contribution in [1.82, 2.24) is 5.32 Å². The molecule has 0 aromatic heterocycles. The summed E-state index contributed by atoms with van der Waals surface area (Å²) in [4.78, 5) is 11.5. The molecule has 0 bridgehead atoms. The van der Waals surface area contributed by atoms with Crippen LogP contribution in [-0.2, 0) is 25.6 Å². The quantitative estimate of drug-likeness (QED) is 0.441. The van der Waals surface area contributed by atoms with Gasteiger partial charge in [-0.1, -0.05) is 30.3 Å². The summed E-state index contributed by atoms with van der Waals surface area (Å²) in [6.45, 7) is 3.59. The van der Waals surface area contributed by atoms with E-state index >= 15 is 0 Å². The average Bonchev–Trinajstić information content (AvgIpc) is 2.62. The third kappa shape index (κ3) is 11.5. The van der Waals surface area contributed by atoms with E-state index in [4.69, 9.17) is 25.4 Å². The molecule has 1 aromatic carbocycles. The molecule has 6 heteroatoms. The van der Waals surface area contributed by atoms with E-state index in [1.165, 1.54) is 0 Å². The number of rotatable bonds is 13. The number of ether oxygens (including phenoxy) is 4. The molecule has 0 saturated heterocycles. The fraction of sp³-hybridized carbons (Fsp3) is 0.500. The van der Waals surface area contributed by atoms with Crippen molar-refractivity contribution >= 4 is 6.09 Å². The van der Waals surface area contributed by atoms with Gasteiger partial charge in [0.2, 0.25) is 0 Å². The van der Waals surface area contributed by atoms with Crippen molar-refractivity contribution in [2.45, 2.75) is 13.0 Å². The van der Waals surface area contributed by atoms with Gasteiger partial charge in [0.05, 0.1) is 39.6 Å². The van der Waals surface area contributed by atoms with Gasteiger partial charge in [-0.3, -0.25) is 0 Å². The fourth-order valence-electron chi connectivity index (χ4n) is 1.67. The lowest BCUT2D eigenvalue weighted by Gasteiger charge is -2.08. The number of amides is 1. The molecule has 1 amide bonds. The van der Waals surface area contributed by atoms with Crippen LogP contribution in [0.2, 0.25) is 0 Å². The van der Waals surface area contributed by atoms with Gasteiger partial charge in [0.1, 0.15) is 6.61 Å². The van der Waals surface area contributed by atoms with Gasteiger partial charge in [0, 0.05) is 13.0 Å². The van der Waals surface area contributed by atoms with Gasteiger partial charge >= 0.3 is 6.09 Å². The number of terminal acetylenes is 1. The van der Waals surface area contributed by atoms with Gasteiger partial charge in [-0.2, -0.15) is 0 Å². The third-order valence-electron chi connectivity index (χ3n) is 2.86. The normalized spacial score (nSPS) is 10.1. The minimum atomic E-state index is -0.456. The molecular weight excluding hydrogens is 310 g/mol. The fourth-order valence-corrected chi connectivity index (χ4v) is 1.67. The summed E-state index contributed by atoms with van der Waals surface area (Å²) in [7, 11) is 0. The maximum absolute atomic E-state index is 11.5. The Hall–Kier alpha value is -2.07. The number of hydrogen-bond acceptors (Lipinski definition) is 5. The van der Waals surface area contributed by atoms with Crippen LogP contribution in [0.15, 0.2) is 30.3 Å². The molecule has 0 radical (unpaired) electrons. The molecule has 0 atom stereocenters. The van der Waals surface area contributed by atoms with Gasteiger partial charge in [0.25, 0.3) is 0 Å². The highest BCUT2D eigenvalue weighted by Gasteiger charge is 2.01. The highest BCUT2D eigenvalue weighted by molar-refractivity contribution is 5.67. The van der Waals surface area contributed by atoms with Crippen LogP contribution in [-0.4, -0.2) is 52.3 Å². The molecule has 0 heterocycles. The Kier molecular flexibility index (Phi) is 12.1. The monoisotopic (exact) mass is 335 g/mol. The van der Waals surface area contributed by atoms with Crippen molar-refractivity contribution in [3.05, 3.63) is 35.9 Å². The number of carbonyl (C=O) groups excluding carboxylic acids is 1. The minimum Gasteiger partial charge on any atom is -0.445 e. The zero-order valence-electron chi connectivity index (χ0n) is 13.9. The molecule has 0 saturated carbocycles. The van der Waals surface area contributed by atoms with Crippen LogP contribution in [0.3, 0.4) is 0 Å². The number of hydrogen-bond donors (Lipinski definition) is 1. The summed E-state index contributed by atoms with van der Waals surface area (Å²) >= 11 is 0. The Balaban J connectivity index is 1.83. The second kappa shape index (κ2) is 14.5.